The Bertz CT molecular complexity index is 521. The van der Waals surface area contributed by atoms with Crippen LogP contribution in [0.2, 0.25) is 0 Å². The van der Waals surface area contributed by atoms with E-state index in [1.54, 1.807) is 24.3 Å². The Hall–Kier alpha value is -2.02. The van der Waals surface area contributed by atoms with Gasteiger partial charge in [0, 0.05) is 12.6 Å². The summed E-state index contributed by atoms with van der Waals surface area (Å²) in [5.74, 6) is 0.997. The van der Waals surface area contributed by atoms with Crippen molar-refractivity contribution in [1.82, 2.24) is 4.90 Å². The monoisotopic (exact) mass is 272 g/mol. The lowest BCUT2D eigenvalue weighted by Gasteiger charge is -2.37. The number of nitriles is 1. The molecule has 1 saturated heterocycles. The highest BCUT2D eigenvalue weighted by Gasteiger charge is 2.28. The van der Waals surface area contributed by atoms with Gasteiger partial charge in [0.15, 0.2) is 6.61 Å². The molecule has 0 bridgehead atoms. The number of nitrogens with zero attached hydrogens (tertiary/aromatic N) is 2. The van der Waals surface area contributed by atoms with E-state index >= 15 is 0 Å². The fourth-order valence-corrected chi connectivity index (χ4v) is 2.59. The van der Waals surface area contributed by atoms with Gasteiger partial charge < -0.3 is 9.64 Å². The highest BCUT2D eigenvalue weighted by Crippen LogP contribution is 2.23. The van der Waals surface area contributed by atoms with E-state index in [0.717, 1.165) is 13.0 Å². The topological polar surface area (TPSA) is 53.3 Å². The summed E-state index contributed by atoms with van der Waals surface area (Å²) in [6.07, 6.45) is 2.22. The van der Waals surface area contributed by atoms with Crippen molar-refractivity contribution in [2.24, 2.45) is 5.92 Å². The molecule has 1 aliphatic rings. The molecule has 2 atom stereocenters. The maximum atomic E-state index is 12.2. The maximum absolute atomic E-state index is 12.2. The van der Waals surface area contributed by atoms with Crippen LogP contribution < -0.4 is 4.74 Å². The Morgan fingerprint density at radius 1 is 1.45 bits per heavy atom. The third-order valence-electron chi connectivity index (χ3n) is 4.05. The molecule has 0 aromatic heterocycles. The number of para-hydroxylation sites is 1. The van der Waals surface area contributed by atoms with Gasteiger partial charge in [0.05, 0.1) is 5.56 Å². The van der Waals surface area contributed by atoms with E-state index in [1.807, 2.05) is 4.90 Å². The fourth-order valence-electron chi connectivity index (χ4n) is 2.59. The van der Waals surface area contributed by atoms with E-state index in [9.17, 15) is 4.79 Å². The first kappa shape index (κ1) is 14.4. The van der Waals surface area contributed by atoms with Gasteiger partial charge in [0.1, 0.15) is 11.8 Å². The van der Waals surface area contributed by atoms with Crippen LogP contribution in [0.25, 0.3) is 0 Å². The molecular formula is C16H20N2O2. The van der Waals surface area contributed by atoms with E-state index in [0.29, 0.717) is 17.2 Å². The third kappa shape index (κ3) is 3.11. The van der Waals surface area contributed by atoms with Gasteiger partial charge in [-0.05, 0) is 37.8 Å². The zero-order valence-corrected chi connectivity index (χ0v) is 12.0. The summed E-state index contributed by atoms with van der Waals surface area (Å²) in [4.78, 5) is 14.1. The molecule has 4 heteroatoms. The highest BCUT2D eigenvalue weighted by atomic mass is 16.5. The first-order chi connectivity index (χ1) is 9.63. The molecule has 20 heavy (non-hydrogen) atoms. The van der Waals surface area contributed by atoms with Crippen molar-refractivity contribution in [3.8, 4) is 11.8 Å². The van der Waals surface area contributed by atoms with E-state index in [1.165, 1.54) is 6.42 Å². The van der Waals surface area contributed by atoms with Crippen LogP contribution in [-0.4, -0.2) is 30.0 Å². The van der Waals surface area contributed by atoms with Crippen molar-refractivity contribution in [3.05, 3.63) is 29.8 Å². The second kappa shape index (κ2) is 6.42. The molecule has 1 aromatic rings. The lowest BCUT2D eigenvalue weighted by Crippen LogP contribution is -2.47. The SMILES string of the molecule is CC1CCCN(C(=O)COc2ccccc2C#N)C1C. The largest absolute Gasteiger partial charge is 0.482 e. The van der Waals surface area contributed by atoms with Gasteiger partial charge >= 0.3 is 0 Å². The van der Waals surface area contributed by atoms with Gasteiger partial charge in [-0.25, -0.2) is 0 Å². The van der Waals surface area contributed by atoms with Crippen molar-refractivity contribution in [3.63, 3.8) is 0 Å². The molecule has 0 spiro atoms. The van der Waals surface area contributed by atoms with Crippen LogP contribution in [-0.2, 0) is 4.79 Å². The number of ether oxygens (including phenoxy) is 1. The highest BCUT2D eigenvalue weighted by molar-refractivity contribution is 5.78. The minimum absolute atomic E-state index is 0.00297. The summed E-state index contributed by atoms with van der Waals surface area (Å²) in [5.41, 5.74) is 0.459. The Balaban J connectivity index is 1.97. The Morgan fingerprint density at radius 3 is 2.95 bits per heavy atom. The molecule has 4 nitrogen and oxygen atoms in total. The van der Waals surface area contributed by atoms with Crippen LogP contribution in [0.1, 0.15) is 32.3 Å². The van der Waals surface area contributed by atoms with Crippen molar-refractivity contribution in [2.45, 2.75) is 32.7 Å². The number of piperidine rings is 1. The zero-order valence-electron chi connectivity index (χ0n) is 12.0. The number of likely N-dealkylation sites (tertiary alicyclic amines) is 1. The van der Waals surface area contributed by atoms with Crippen molar-refractivity contribution in [2.75, 3.05) is 13.2 Å². The third-order valence-corrected chi connectivity index (χ3v) is 4.05. The number of hydrogen-bond donors (Lipinski definition) is 0. The number of hydrogen-bond acceptors (Lipinski definition) is 3. The summed E-state index contributed by atoms with van der Waals surface area (Å²) in [6.45, 7) is 5.06. The van der Waals surface area contributed by atoms with Gasteiger partial charge in [0.2, 0.25) is 0 Å². The van der Waals surface area contributed by atoms with Gasteiger partial charge in [-0.2, -0.15) is 5.26 Å². The van der Waals surface area contributed by atoms with Crippen LogP contribution in [0.5, 0.6) is 5.75 Å². The standard InChI is InChI=1S/C16H20N2O2/c1-12-6-5-9-18(13(12)2)16(19)11-20-15-8-4-3-7-14(15)10-17/h3-4,7-8,12-13H,5-6,9,11H2,1-2H3. The number of carbonyl (C=O) groups excluding carboxylic acids is 1. The van der Waals surface area contributed by atoms with Crippen LogP contribution in [0.4, 0.5) is 0 Å². The van der Waals surface area contributed by atoms with Crippen molar-refractivity contribution in [1.29, 1.82) is 5.26 Å². The van der Waals surface area contributed by atoms with Crippen LogP contribution in [0.15, 0.2) is 24.3 Å². The van der Waals surface area contributed by atoms with Gasteiger partial charge in [-0.3, -0.25) is 4.79 Å². The average molecular weight is 272 g/mol. The molecule has 1 aliphatic heterocycles. The molecule has 0 radical (unpaired) electrons. The van der Waals surface area contributed by atoms with E-state index in [2.05, 4.69) is 19.9 Å². The summed E-state index contributed by atoms with van der Waals surface area (Å²) in [6, 6.07) is 9.30. The van der Waals surface area contributed by atoms with Gasteiger partial charge in [-0.15, -0.1) is 0 Å². The smallest absolute Gasteiger partial charge is 0.260 e. The molecule has 1 amide bonds. The maximum Gasteiger partial charge on any atom is 0.260 e. The summed E-state index contributed by atoms with van der Waals surface area (Å²) in [7, 11) is 0. The number of benzene rings is 1. The Kier molecular flexibility index (Phi) is 4.62. The Labute approximate surface area is 120 Å². The molecule has 1 aromatic carbocycles. The van der Waals surface area contributed by atoms with Crippen molar-refractivity contribution >= 4 is 5.91 Å². The molecule has 0 saturated carbocycles. The number of rotatable bonds is 3. The molecule has 0 N–H and O–H groups in total. The minimum Gasteiger partial charge on any atom is -0.482 e. The zero-order chi connectivity index (χ0) is 14.5. The van der Waals surface area contributed by atoms with Crippen LogP contribution in [0, 0.1) is 17.2 Å². The number of amides is 1. The Morgan fingerprint density at radius 2 is 2.20 bits per heavy atom. The first-order valence-corrected chi connectivity index (χ1v) is 7.05. The molecule has 2 rings (SSSR count). The number of carbonyl (C=O) groups is 1. The van der Waals surface area contributed by atoms with Gasteiger partial charge in [-0.1, -0.05) is 19.1 Å². The molecule has 106 valence electrons. The summed E-state index contributed by atoms with van der Waals surface area (Å²) < 4.78 is 5.51. The summed E-state index contributed by atoms with van der Waals surface area (Å²) >= 11 is 0. The molecule has 1 fully saturated rings. The lowest BCUT2D eigenvalue weighted by atomic mass is 9.92. The first-order valence-electron chi connectivity index (χ1n) is 7.05. The molecular weight excluding hydrogens is 252 g/mol. The lowest BCUT2D eigenvalue weighted by molar-refractivity contribution is -0.137. The normalized spacial score (nSPS) is 22.1. The van der Waals surface area contributed by atoms with Crippen LogP contribution in [0.3, 0.4) is 0 Å². The minimum atomic E-state index is -0.00421. The quantitative estimate of drug-likeness (QED) is 0.849. The van der Waals surface area contributed by atoms with E-state index < -0.39 is 0 Å². The molecule has 1 heterocycles. The van der Waals surface area contributed by atoms with E-state index in [-0.39, 0.29) is 18.6 Å². The van der Waals surface area contributed by atoms with E-state index in [4.69, 9.17) is 10.00 Å². The second-order valence-electron chi connectivity index (χ2n) is 5.34. The van der Waals surface area contributed by atoms with Crippen LogP contribution >= 0.6 is 0 Å². The molecule has 0 aliphatic carbocycles. The van der Waals surface area contributed by atoms with Crippen molar-refractivity contribution < 1.29 is 9.53 Å². The summed E-state index contributed by atoms with van der Waals surface area (Å²) in [5, 5.41) is 8.98. The predicted octanol–water partition coefficient (Wildman–Crippen LogP) is 2.58. The average Bonchev–Trinajstić information content (AvgIpc) is 2.48. The molecule has 2 unspecified atom stereocenters. The predicted molar refractivity (Wildman–Crippen MR) is 76.2 cm³/mol. The second-order valence-corrected chi connectivity index (χ2v) is 5.34. The van der Waals surface area contributed by atoms with Gasteiger partial charge in [0.25, 0.3) is 5.91 Å². The fraction of sp³-hybridized carbons (Fsp3) is 0.500.